The Bertz CT molecular complexity index is 535. The molecule has 3 heteroatoms. The Balaban J connectivity index is 2.54. The second-order valence-corrected chi connectivity index (χ2v) is 4.32. The number of hydrogen-bond donors (Lipinski definition) is 1. The number of nitrogens with two attached hydrogens (primary N) is 1. The molecule has 1 aromatic heterocycles. The van der Waals surface area contributed by atoms with Crippen molar-refractivity contribution in [3.63, 3.8) is 0 Å². The number of aromatic nitrogens is 1. The van der Waals surface area contributed by atoms with Crippen LogP contribution in [-0.4, -0.2) is 4.98 Å². The van der Waals surface area contributed by atoms with Crippen LogP contribution >= 0.6 is 11.6 Å². The number of pyridine rings is 1. The van der Waals surface area contributed by atoms with Gasteiger partial charge in [-0.2, -0.15) is 0 Å². The molecule has 0 spiro atoms. The predicted octanol–water partition coefficient (Wildman–Crippen LogP) is 3.60. The number of hydrogen-bond acceptors (Lipinski definition) is 2. The number of nitrogen functional groups attached to an aromatic ring is 1. The molecule has 1 heterocycles. The van der Waals surface area contributed by atoms with Crippen LogP contribution in [0, 0.1) is 13.8 Å². The van der Waals surface area contributed by atoms with Crippen molar-refractivity contribution in [2.24, 2.45) is 0 Å². The summed E-state index contributed by atoms with van der Waals surface area (Å²) in [4.78, 5) is 4.34. The minimum atomic E-state index is 0.680. The average Bonchev–Trinajstić information content (AvgIpc) is 2.22. The molecule has 0 aliphatic carbocycles. The van der Waals surface area contributed by atoms with Crippen molar-refractivity contribution in [2.75, 3.05) is 5.73 Å². The molecule has 0 amide bonds. The normalized spacial score (nSPS) is 10.4. The van der Waals surface area contributed by atoms with Gasteiger partial charge in [-0.3, -0.25) is 4.98 Å². The lowest BCUT2D eigenvalue weighted by Gasteiger charge is -2.07. The zero-order valence-corrected chi connectivity index (χ0v) is 10.0. The number of aryl methyl sites for hydroxylation is 2. The first kappa shape index (κ1) is 11.0. The van der Waals surface area contributed by atoms with Crippen molar-refractivity contribution >= 4 is 17.3 Å². The van der Waals surface area contributed by atoms with E-state index >= 15 is 0 Å². The molecule has 0 bridgehead atoms. The molecule has 0 atom stereocenters. The molecule has 0 unspecified atom stereocenters. The summed E-state index contributed by atoms with van der Waals surface area (Å²) in [6, 6.07) is 7.76. The zero-order valence-electron chi connectivity index (χ0n) is 9.29. The van der Waals surface area contributed by atoms with E-state index in [2.05, 4.69) is 4.98 Å². The topological polar surface area (TPSA) is 38.9 Å². The molecule has 2 nitrogen and oxygen atoms in total. The summed E-state index contributed by atoms with van der Waals surface area (Å²) in [5.41, 5.74) is 10.5. The maximum Gasteiger partial charge on any atom is 0.0931 e. The average molecular weight is 233 g/mol. The first-order valence-corrected chi connectivity index (χ1v) is 5.44. The molecular formula is C13H13ClN2. The summed E-state index contributed by atoms with van der Waals surface area (Å²) in [6.07, 6.45) is 1.81. The van der Waals surface area contributed by atoms with Gasteiger partial charge in [0.15, 0.2) is 0 Å². The number of anilines is 1. The Morgan fingerprint density at radius 1 is 1.19 bits per heavy atom. The maximum absolute atomic E-state index is 6.08. The quantitative estimate of drug-likeness (QED) is 0.816. The molecule has 0 aliphatic heterocycles. The van der Waals surface area contributed by atoms with Crippen LogP contribution in [0.25, 0.3) is 11.3 Å². The highest BCUT2D eigenvalue weighted by atomic mass is 35.5. The minimum Gasteiger partial charge on any atom is -0.397 e. The van der Waals surface area contributed by atoms with Gasteiger partial charge in [0.25, 0.3) is 0 Å². The molecule has 1 aromatic carbocycles. The van der Waals surface area contributed by atoms with Crippen LogP contribution in [0.2, 0.25) is 5.02 Å². The number of rotatable bonds is 1. The molecular weight excluding hydrogens is 220 g/mol. The van der Waals surface area contributed by atoms with Crippen molar-refractivity contribution in [3.8, 4) is 11.3 Å². The molecule has 82 valence electrons. The Morgan fingerprint density at radius 2 is 1.94 bits per heavy atom. The Morgan fingerprint density at radius 3 is 2.56 bits per heavy atom. The van der Waals surface area contributed by atoms with E-state index in [4.69, 9.17) is 17.3 Å². The molecule has 0 aliphatic rings. The third kappa shape index (κ3) is 2.02. The smallest absolute Gasteiger partial charge is 0.0931 e. The molecule has 2 rings (SSSR count). The van der Waals surface area contributed by atoms with Crippen LogP contribution in [0.4, 0.5) is 5.69 Å². The molecule has 0 fully saturated rings. The Kier molecular flexibility index (Phi) is 2.84. The second-order valence-electron chi connectivity index (χ2n) is 3.91. The van der Waals surface area contributed by atoms with Gasteiger partial charge >= 0.3 is 0 Å². The minimum absolute atomic E-state index is 0.680. The Hall–Kier alpha value is -1.54. The largest absolute Gasteiger partial charge is 0.397 e. The summed E-state index contributed by atoms with van der Waals surface area (Å²) in [5, 5.41) is 0.735. The van der Waals surface area contributed by atoms with Crippen molar-refractivity contribution in [1.29, 1.82) is 0 Å². The fourth-order valence-electron chi connectivity index (χ4n) is 1.57. The standard InChI is InChI=1S/C13H13ClN2/c1-8-5-12(15)13(16-7-8)10-4-3-9(2)11(14)6-10/h3-7H,15H2,1-2H3. The Labute approximate surface area is 100 Å². The lowest BCUT2D eigenvalue weighted by atomic mass is 10.1. The van der Waals surface area contributed by atoms with Gasteiger partial charge in [0.1, 0.15) is 0 Å². The van der Waals surface area contributed by atoms with Crippen LogP contribution in [0.1, 0.15) is 11.1 Å². The molecule has 0 saturated heterocycles. The molecule has 0 radical (unpaired) electrons. The van der Waals surface area contributed by atoms with Gasteiger partial charge in [0, 0.05) is 16.8 Å². The van der Waals surface area contributed by atoms with Gasteiger partial charge in [-0.1, -0.05) is 23.7 Å². The van der Waals surface area contributed by atoms with Gasteiger partial charge in [0.05, 0.1) is 11.4 Å². The van der Waals surface area contributed by atoms with Crippen LogP contribution in [0.15, 0.2) is 30.5 Å². The highest BCUT2D eigenvalue weighted by molar-refractivity contribution is 6.31. The highest BCUT2D eigenvalue weighted by Crippen LogP contribution is 2.27. The fraction of sp³-hybridized carbons (Fsp3) is 0.154. The molecule has 2 aromatic rings. The van der Waals surface area contributed by atoms with E-state index in [-0.39, 0.29) is 0 Å². The van der Waals surface area contributed by atoms with Crippen LogP contribution in [0.5, 0.6) is 0 Å². The fourth-order valence-corrected chi connectivity index (χ4v) is 1.75. The van der Waals surface area contributed by atoms with Gasteiger partial charge in [-0.05, 0) is 37.1 Å². The van der Waals surface area contributed by atoms with Crippen molar-refractivity contribution in [3.05, 3.63) is 46.6 Å². The number of benzene rings is 1. The lowest BCUT2D eigenvalue weighted by molar-refractivity contribution is 1.27. The summed E-state index contributed by atoms with van der Waals surface area (Å²) in [6.45, 7) is 3.94. The van der Waals surface area contributed by atoms with E-state index < -0.39 is 0 Å². The van der Waals surface area contributed by atoms with Crippen molar-refractivity contribution in [1.82, 2.24) is 4.98 Å². The summed E-state index contributed by atoms with van der Waals surface area (Å²) < 4.78 is 0. The molecule has 16 heavy (non-hydrogen) atoms. The highest BCUT2D eigenvalue weighted by Gasteiger charge is 2.06. The second kappa shape index (κ2) is 4.14. The van der Waals surface area contributed by atoms with E-state index in [1.54, 1.807) is 6.20 Å². The van der Waals surface area contributed by atoms with Gasteiger partial charge in [-0.25, -0.2) is 0 Å². The number of nitrogens with zero attached hydrogens (tertiary/aromatic N) is 1. The van der Waals surface area contributed by atoms with Crippen molar-refractivity contribution < 1.29 is 0 Å². The predicted molar refractivity (Wildman–Crippen MR) is 68.6 cm³/mol. The van der Waals surface area contributed by atoms with E-state index in [0.29, 0.717) is 5.69 Å². The first-order valence-electron chi connectivity index (χ1n) is 5.06. The van der Waals surface area contributed by atoms with Crippen LogP contribution in [0.3, 0.4) is 0 Å². The summed E-state index contributed by atoms with van der Waals surface area (Å²) >= 11 is 6.08. The third-order valence-corrected chi connectivity index (χ3v) is 2.91. The van der Waals surface area contributed by atoms with E-state index in [1.165, 1.54) is 0 Å². The van der Waals surface area contributed by atoms with Crippen LogP contribution in [-0.2, 0) is 0 Å². The summed E-state index contributed by atoms with van der Waals surface area (Å²) in [5.74, 6) is 0. The molecule has 2 N–H and O–H groups in total. The molecule has 0 saturated carbocycles. The summed E-state index contributed by atoms with van der Waals surface area (Å²) in [7, 11) is 0. The lowest BCUT2D eigenvalue weighted by Crippen LogP contribution is -1.94. The SMILES string of the molecule is Cc1cnc(-c2ccc(C)c(Cl)c2)c(N)c1. The van der Waals surface area contributed by atoms with Gasteiger partial charge in [-0.15, -0.1) is 0 Å². The monoisotopic (exact) mass is 232 g/mol. The zero-order chi connectivity index (χ0) is 11.7. The third-order valence-electron chi connectivity index (χ3n) is 2.50. The van der Waals surface area contributed by atoms with E-state index in [1.807, 2.05) is 38.1 Å². The first-order chi connectivity index (χ1) is 7.58. The maximum atomic E-state index is 6.08. The van der Waals surface area contributed by atoms with Gasteiger partial charge in [0.2, 0.25) is 0 Å². The van der Waals surface area contributed by atoms with Crippen LogP contribution < -0.4 is 5.73 Å². The van der Waals surface area contributed by atoms with E-state index in [0.717, 1.165) is 27.4 Å². The van der Waals surface area contributed by atoms with Gasteiger partial charge < -0.3 is 5.73 Å². The van der Waals surface area contributed by atoms with E-state index in [9.17, 15) is 0 Å². The van der Waals surface area contributed by atoms with Crippen molar-refractivity contribution in [2.45, 2.75) is 13.8 Å². The number of halogens is 1.